The van der Waals surface area contributed by atoms with Crippen LogP contribution in [-0.2, 0) is 45.2 Å². The number of nitrogens with zero attached hydrogens (tertiary/aromatic N) is 6. The van der Waals surface area contributed by atoms with Crippen LogP contribution in [0.15, 0.2) is 23.1 Å². The molecule has 0 spiro atoms. The predicted molar refractivity (Wildman–Crippen MR) is 175 cm³/mol. The number of alkyl halides is 3. The van der Waals surface area contributed by atoms with E-state index in [1.807, 2.05) is 4.68 Å². The minimum Gasteiger partial charge on any atom is -0.378 e. The van der Waals surface area contributed by atoms with E-state index in [4.69, 9.17) is 9.84 Å². The summed E-state index contributed by atoms with van der Waals surface area (Å²) in [5.74, 6) is -0.363. The van der Waals surface area contributed by atoms with Crippen molar-refractivity contribution in [3.8, 4) is 11.3 Å². The Labute approximate surface area is 279 Å². The zero-order valence-electron chi connectivity index (χ0n) is 27.0. The van der Waals surface area contributed by atoms with Crippen LogP contribution >= 0.6 is 11.8 Å². The normalized spacial score (nSPS) is 21.0. The fourth-order valence-corrected chi connectivity index (χ4v) is 9.09. The number of fused-ring (bicyclic) bond motifs is 1. The minimum atomic E-state index is -4.60. The van der Waals surface area contributed by atoms with Crippen molar-refractivity contribution in [2.45, 2.75) is 68.7 Å². The summed E-state index contributed by atoms with van der Waals surface area (Å²) in [5.41, 5.74) is 1.83. The molecular weight excluding hydrogens is 654 g/mol. The first-order valence-electron chi connectivity index (χ1n) is 16.7. The highest BCUT2D eigenvalue weighted by molar-refractivity contribution is 8.00. The number of likely N-dealkylation sites (tertiary alicyclic amines) is 2. The third-order valence-electron chi connectivity index (χ3n) is 9.90. The van der Waals surface area contributed by atoms with Crippen molar-refractivity contribution in [1.82, 2.24) is 28.8 Å². The van der Waals surface area contributed by atoms with Crippen LogP contribution in [0, 0.1) is 0 Å². The molecule has 2 aromatic rings. The molecule has 3 saturated heterocycles. The maximum atomic E-state index is 14.1. The predicted octanol–water partition coefficient (Wildman–Crippen LogP) is 3.79. The molecular formula is C32H45F3N6O4S2. The fraction of sp³-hybridized carbons (Fsp3) is 0.688. The van der Waals surface area contributed by atoms with Gasteiger partial charge < -0.3 is 19.4 Å². The lowest BCUT2D eigenvalue weighted by Gasteiger charge is -2.36. The number of thioether (sulfide) groups is 1. The molecule has 0 aliphatic carbocycles. The molecule has 0 saturated carbocycles. The van der Waals surface area contributed by atoms with Crippen LogP contribution in [0.1, 0.15) is 48.9 Å². The van der Waals surface area contributed by atoms with Gasteiger partial charge in [-0.1, -0.05) is 6.07 Å². The number of morpholine rings is 1. The standard InChI is InChI=1S/C32H45F3N6O4S2/c1-47(43,44)40-16-9-28-26(22-40)31(36-41(28)13-4-10-37-14-7-25(8-15-37)38-11-2-3-12-38)24-5-6-27(32(33,34)35)29(21-24)46-23-30(42)39-17-19-45-20-18-39/h5-6,21,25H,2-4,7-20,22-23H2,1H3. The molecule has 0 unspecified atom stereocenters. The molecule has 15 heteroatoms. The Kier molecular flexibility index (Phi) is 10.9. The third-order valence-corrected chi connectivity index (χ3v) is 12.2. The zero-order chi connectivity index (χ0) is 33.2. The number of sulfonamides is 1. The second-order valence-electron chi connectivity index (χ2n) is 13.0. The van der Waals surface area contributed by atoms with Gasteiger partial charge in [0.1, 0.15) is 0 Å². The summed E-state index contributed by atoms with van der Waals surface area (Å²) in [4.78, 5) is 19.5. The van der Waals surface area contributed by atoms with Crippen molar-refractivity contribution in [1.29, 1.82) is 0 Å². The number of aryl methyl sites for hydroxylation is 1. The summed E-state index contributed by atoms with van der Waals surface area (Å²) < 4.78 is 75.9. The van der Waals surface area contributed by atoms with Gasteiger partial charge >= 0.3 is 6.18 Å². The van der Waals surface area contributed by atoms with Crippen LogP contribution in [-0.4, -0.2) is 127 Å². The van der Waals surface area contributed by atoms with E-state index in [2.05, 4.69) is 9.80 Å². The largest absolute Gasteiger partial charge is 0.417 e. The number of hydrogen-bond donors (Lipinski definition) is 0. The van der Waals surface area contributed by atoms with Crippen molar-refractivity contribution >= 4 is 27.7 Å². The number of aromatic nitrogens is 2. The highest BCUT2D eigenvalue weighted by Gasteiger charge is 2.35. The van der Waals surface area contributed by atoms with Gasteiger partial charge in [-0.05, 0) is 77.0 Å². The highest BCUT2D eigenvalue weighted by Crippen LogP contribution is 2.40. The van der Waals surface area contributed by atoms with Crippen molar-refractivity contribution in [2.75, 3.05) is 77.6 Å². The number of carbonyl (C=O) groups excluding carboxylic acids is 1. The maximum absolute atomic E-state index is 14.1. The van der Waals surface area contributed by atoms with Gasteiger partial charge in [0, 0.05) is 66.9 Å². The lowest BCUT2D eigenvalue weighted by Crippen LogP contribution is -2.44. The first kappa shape index (κ1) is 34.7. The van der Waals surface area contributed by atoms with Crippen molar-refractivity contribution in [3.63, 3.8) is 0 Å². The van der Waals surface area contributed by atoms with E-state index in [0.717, 1.165) is 55.1 Å². The maximum Gasteiger partial charge on any atom is 0.417 e. The van der Waals surface area contributed by atoms with Gasteiger partial charge in [-0.3, -0.25) is 9.48 Å². The number of piperidine rings is 1. The average molecular weight is 699 g/mol. The summed E-state index contributed by atoms with van der Waals surface area (Å²) in [7, 11) is -3.48. The number of carbonyl (C=O) groups is 1. The Balaban J connectivity index is 1.20. The second-order valence-corrected chi connectivity index (χ2v) is 16.0. The zero-order valence-corrected chi connectivity index (χ0v) is 28.6. The topological polar surface area (TPSA) is 91.2 Å². The molecule has 10 nitrogen and oxygen atoms in total. The number of halogens is 3. The summed E-state index contributed by atoms with van der Waals surface area (Å²) in [6.45, 7) is 8.29. The van der Waals surface area contributed by atoms with E-state index in [0.29, 0.717) is 63.1 Å². The summed E-state index contributed by atoms with van der Waals surface area (Å²) in [5, 5.41) is 4.92. The fourth-order valence-electron chi connectivity index (χ4n) is 7.29. The Hall–Kier alpha value is -2.17. The molecule has 4 aliphatic heterocycles. The Morgan fingerprint density at radius 2 is 1.74 bits per heavy atom. The first-order valence-corrected chi connectivity index (χ1v) is 19.5. The quantitative estimate of drug-likeness (QED) is 0.347. The monoisotopic (exact) mass is 698 g/mol. The van der Waals surface area contributed by atoms with Gasteiger partial charge in [0.2, 0.25) is 15.9 Å². The molecule has 3 fully saturated rings. The molecule has 0 atom stereocenters. The van der Waals surface area contributed by atoms with Crippen LogP contribution in [0.2, 0.25) is 0 Å². The lowest BCUT2D eigenvalue weighted by molar-refractivity contribution is -0.139. The van der Waals surface area contributed by atoms with Crippen molar-refractivity contribution in [3.05, 3.63) is 35.0 Å². The van der Waals surface area contributed by atoms with Gasteiger partial charge in [0.15, 0.2) is 0 Å². The van der Waals surface area contributed by atoms with Gasteiger partial charge in [0.05, 0.1) is 36.5 Å². The first-order chi connectivity index (χ1) is 22.5. The van der Waals surface area contributed by atoms with E-state index in [1.165, 1.54) is 61.5 Å². The summed E-state index contributed by atoms with van der Waals surface area (Å²) >= 11 is 0.870. The van der Waals surface area contributed by atoms with Crippen LogP contribution in [0.4, 0.5) is 13.2 Å². The van der Waals surface area contributed by atoms with Crippen molar-refractivity contribution in [2.24, 2.45) is 0 Å². The van der Waals surface area contributed by atoms with E-state index in [1.54, 1.807) is 4.90 Å². The van der Waals surface area contributed by atoms with Crippen LogP contribution < -0.4 is 0 Å². The molecule has 0 N–H and O–H groups in total. The smallest absolute Gasteiger partial charge is 0.378 e. The van der Waals surface area contributed by atoms with E-state index < -0.39 is 21.8 Å². The van der Waals surface area contributed by atoms with Crippen LogP contribution in [0.25, 0.3) is 11.3 Å². The summed E-state index contributed by atoms with van der Waals surface area (Å²) in [6, 6.07) is 4.60. The molecule has 1 amide bonds. The molecule has 260 valence electrons. The SMILES string of the molecule is CS(=O)(=O)N1CCc2c(c(-c3ccc(C(F)(F)F)c(SCC(=O)N4CCOCC4)c3)nn2CCCN2CCC(N3CCCC3)CC2)C1. The van der Waals surface area contributed by atoms with Gasteiger partial charge in [0.25, 0.3) is 0 Å². The Morgan fingerprint density at radius 1 is 1.02 bits per heavy atom. The molecule has 47 heavy (non-hydrogen) atoms. The van der Waals surface area contributed by atoms with Gasteiger partial charge in [-0.15, -0.1) is 11.8 Å². The Morgan fingerprint density at radius 3 is 2.43 bits per heavy atom. The van der Waals surface area contributed by atoms with E-state index in [-0.39, 0.29) is 23.1 Å². The molecule has 1 aromatic heterocycles. The van der Waals surface area contributed by atoms with Crippen LogP contribution in [0.3, 0.4) is 0 Å². The number of amides is 1. The minimum absolute atomic E-state index is 0.0481. The molecule has 0 radical (unpaired) electrons. The van der Waals surface area contributed by atoms with E-state index in [9.17, 15) is 26.4 Å². The van der Waals surface area contributed by atoms with Crippen LogP contribution in [0.5, 0.6) is 0 Å². The molecule has 0 bridgehead atoms. The summed E-state index contributed by atoms with van der Waals surface area (Å²) in [6.07, 6.45) is 2.91. The van der Waals surface area contributed by atoms with E-state index >= 15 is 0 Å². The van der Waals surface area contributed by atoms with Gasteiger partial charge in [-0.25, -0.2) is 8.42 Å². The highest BCUT2D eigenvalue weighted by atomic mass is 32.2. The lowest BCUT2D eigenvalue weighted by atomic mass is 10.0. The molecule has 5 heterocycles. The molecule has 6 rings (SSSR count). The number of benzene rings is 1. The average Bonchev–Trinajstić information content (AvgIpc) is 3.72. The van der Waals surface area contributed by atoms with Gasteiger partial charge in [-0.2, -0.15) is 22.6 Å². The number of rotatable bonds is 10. The second kappa shape index (κ2) is 14.8. The van der Waals surface area contributed by atoms with Crippen molar-refractivity contribution < 1.29 is 31.1 Å². The molecule has 1 aromatic carbocycles. The third kappa shape index (κ3) is 8.35. The Bertz CT molecular complexity index is 1520. The molecule has 4 aliphatic rings. The number of hydrogen-bond acceptors (Lipinski definition) is 8. The number of ether oxygens (including phenoxy) is 1.